The molecular formula is C14H20O. The number of hydrogen-bond acceptors (Lipinski definition) is 1. The Hall–Kier alpha value is -0.720. The summed E-state index contributed by atoms with van der Waals surface area (Å²) in [4.78, 5) is 0. The fourth-order valence-electron chi connectivity index (χ4n) is 3.58. The highest BCUT2D eigenvalue weighted by molar-refractivity contribution is 5.30. The first-order chi connectivity index (χ1) is 7.07. The van der Waals surface area contributed by atoms with Gasteiger partial charge in [-0.15, -0.1) is 0 Å². The van der Waals surface area contributed by atoms with Crippen LogP contribution in [0.1, 0.15) is 50.9 Å². The number of furan rings is 1. The molecular weight excluding hydrogens is 184 g/mol. The summed E-state index contributed by atoms with van der Waals surface area (Å²) in [6.07, 6.45) is 5.82. The van der Waals surface area contributed by atoms with Gasteiger partial charge in [-0.25, -0.2) is 0 Å². The van der Waals surface area contributed by atoms with Crippen LogP contribution in [0.25, 0.3) is 0 Å². The standard InChI is InChI=1S/C14H20O/c1-14(2,3)11-8-9-4-5-12-10(13(9)11)6-7-15-12/h6-7,9,11,13H,4-5,8H2,1-3H3. The van der Waals surface area contributed by atoms with Gasteiger partial charge in [0.15, 0.2) is 0 Å². The lowest BCUT2D eigenvalue weighted by molar-refractivity contribution is 0.0260. The number of fused-ring (bicyclic) bond motifs is 3. The molecule has 2 aliphatic carbocycles. The third-order valence-corrected chi connectivity index (χ3v) is 4.49. The van der Waals surface area contributed by atoms with Crippen molar-refractivity contribution >= 4 is 0 Å². The Labute approximate surface area is 91.9 Å². The second kappa shape index (κ2) is 2.90. The molecule has 1 heteroatoms. The highest BCUT2D eigenvalue weighted by atomic mass is 16.3. The Morgan fingerprint density at radius 3 is 2.87 bits per heavy atom. The fourth-order valence-corrected chi connectivity index (χ4v) is 3.58. The van der Waals surface area contributed by atoms with Crippen LogP contribution in [-0.2, 0) is 6.42 Å². The lowest BCUT2D eigenvalue weighted by Crippen LogP contribution is -2.44. The Morgan fingerprint density at radius 1 is 1.33 bits per heavy atom. The molecule has 0 saturated heterocycles. The van der Waals surface area contributed by atoms with Crippen LogP contribution in [0.3, 0.4) is 0 Å². The van der Waals surface area contributed by atoms with Crippen molar-refractivity contribution in [3.8, 4) is 0 Å². The van der Waals surface area contributed by atoms with Crippen LogP contribution in [0.4, 0.5) is 0 Å². The first kappa shape index (κ1) is 9.50. The molecule has 0 spiro atoms. The van der Waals surface area contributed by atoms with Crippen LogP contribution in [-0.4, -0.2) is 0 Å². The molecule has 0 radical (unpaired) electrons. The monoisotopic (exact) mass is 204 g/mol. The molecule has 1 heterocycles. The van der Waals surface area contributed by atoms with E-state index in [2.05, 4.69) is 26.8 Å². The molecule has 0 bridgehead atoms. The van der Waals surface area contributed by atoms with E-state index < -0.39 is 0 Å². The topological polar surface area (TPSA) is 13.1 Å². The third kappa shape index (κ3) is 1.28. The van der Waals surface area contributed by atoms with E-state index >= 15 is 0 Å². The Kier molecular flexibility index (Phi) is 1.84. The maximum absolute atomic E-state index is 5.57. The van der Waals surface area contributed by atoms with Gasteiger partial charge in [0.2, 0.25) is 0 Å². The van der Waals surface area contributed by atoms with E-state index in [1.165, 1.54) is 30.6 Å². The minimum absolute atomic E-state index is 0.451. The average molecular weight is 204 g/mol. The highest BCUT2D eigenvalue weighted by Gasteiger charge is 2.49. The van der Waals surface area contributed by atoms with Gasteiger partial charge >= 0.3 is 0 Å². The summed E-state index contributed by atoms with van der Waals surface area (Å²) in [6.45, 7) is 7.13. The van der Waals surface area contributed by atoms with E-state index in [9.17, 15) is 0 Å². The van der Waals surface area contributed by atoms with Gasteiger partial charge in [-0.1, -0.05) is 20.8 Å². The second-order valence-electron chi connectivity index (χ2n) is 6.33. The molecule has 2 aliphatic rings. The first-order valence-corrected chi connectivity index (χ1v) is 6.13. The molecule has 3 rings (SSSR count). The molecule has 0 amide bonds. The van der Waals surface area contributed by atoms with E-state index in [-0.39, 0.29) is 0 Å². The predicted molar refractivity (Wildman–Crippen MR) is 60.8 cm³/mol. The van der Waals surface area contributed by atoms with E-state index in [1.807, 2.05) is 6.26 Å². The van der Waals surface area contributed by atoms with Gasteiger partial charge < -0.3 is 4.42 Å². The van der Waals surface area contributed by atoms with Crippen molar-refractivity contribution in [2.45, 2.75) is 46.0 Å². The van der Waals surface area contributed by atoms with Crippen molar-refractivity contribution in [1.29, 1.82) is 0 Å². The van der Waals surface area contributed by atoms with E-state index in [0.717, 1.165) is 17.8 Å². The smallest absolute Gasteiger partial charge is 0.107 e. The van der Waals surface area contributed by atoms with Gasteiger partial charge in [0.05, 0.1) is 6.26 Å². The molecule has 0 aromatic carbocycles. The maximum atomic E-state index is 5.57. The van der Waals surface area contributed by atoms with Crippen molar-refractivity contribution in [2.24, 2.45) is 17.3 Å². The zero-order valence-electron chi connectivity index (χ0n) is 9.92. The molecule has 1 aromatic heterocycles. The number of rotatable bonds is 0. The van der Waals surface area contributed by atoms with Gasteiger partial charge in [-0.05, 0) is 47.6 Å². The summed E-state index contributed by atoms with van der Waals surface area (Å²) in [6, 6.07) is 2.21. The molecule has 0 N–H and O–H groups in total. The van der Waals surface area contributed by atoms with Gasteiger partial charge in [-0.2, -0.15) is 0 Å². The second-order valence-corrected chi connectivity index (χ2v) is 6.33. The molecule has 3 atom stereocenters. The summed E-state index contributed by atoms with van der Waals surface area (Å²) in [7, 11) is 0. The van der Waals surface area contributed by atoms with Gasteiger partial charge in [-0.3, -0.25) is 0 Å². The summed E-state index contributed by atoms with van der Waals surface area (Å²) in [5.74, 6) is 3.87. The van der Waals surface area contributed by atoms with Crippen molar-refractivity contribution in [1.82, 2.24) is 0 Å². The molecule has 82 valence electrons. The first-order valence-electron chi connectivity index (χ1n) is 6.13. The highest BCUT2D eigenvalue weighted by Crippen LogP contribution is 2.59. The zero-order valence-corrected chi connectivity index (χ0v) is 9.92. The lowest BCUT2D eigenvalue weighted by Gasteiger charge is -2.53. The SMILES string of the molecule is CC(C)(C)C1CC2CCc3occc3C21. The quantitative estimate of drug-likeness (QED) is 0.622. The Balaban J connectivity index is 1.94. The molecule has 0 aliphatic heterocycles. The van der Waals surface area contributed by atoms with Gasteiger partial charge in [0.25, 0.3) is 0 Å². The molecule has 1 aromatic rings. The minimum atomic E-state index is 0.451. The van der Waals surface area contributed by atoms with Crippen molar-refractivity contribution in [3.63, 3.8) is 0 Å². The summed E-state index contributed by atoms with van der Waals surface area (Å²) < 4.78 is 5.57. The molecule has 1 saturated carbocycles. The van der Waals surface area contributed by atoms with Crippen molar-refractivity contribution in [2.75, 3.05) is 0 Å². The number of aryl methyl sites for hydroxylation is 1. The molecule has 1 fully saturated rings. The van der Waals surface area contributed by atoms with Crippen LogP contribution in [0.2, 0.25) is 0 Å². The van der Waals surface area contributed by atoms with E-state index in [4.69, 9.17) is 4.42 Å². The Bertz CT molecular complexity index is 369. The summed E-state index contributed by atoms with van der Waals surface area (Å²) >= 11 is 0. The largest absolute Gasteiger partial charge is 0.469 e. The molecule has 1 nitrogen and oxygen atoms in total. The molecule has 3 unspecified atom stereocenters. The summed E-state index contributed by atoms with van der Waals surface area (Å²) in [5.41, 5.74) is 1.98. The fraction of sp³-hybridized carbons (Fsp3) is 0.714. The van der Waals surface area contributed by atoms with Crippen LogP contribution < -0.4 is 0 Å². The lowest BCUT2D eigenvalue weighted by atomic mass is 9.51. The van der Waals surface area contributed by atoms with Gasteiger partial charge in [0, 0.05) is 6.42 Å². The van der Waals surface area contributed by atoms with Crippen LogP contribution in [0.15, 0.2) is 16.7 Å². The average Bonchev–Trinajstić information content (AvgIpc) is 2.48. The van der Waals surface area contributed by atoms with E-state index in [0.29, 0.717) is 5.41 Å². The predicted octanol–water partition coefficient (Wildman–Crippen LogP) is 3.99. The normalized spacial score (nSPS) is 34.2. The number of hydrogen-bond donors (Lipinski definition) is 0. The minimum Gasteiger partial charge on any atom is -0.469 e. The third-order valence-electron chi connectivity index (χ3n) is 4.49. The van der Waals surface area contributed by atoms with Gasteiger partial charge in [0.1, 0.15) is 5.76 Å². The van der Waals surface area contributed by atoms with Crippen LogP contribution in [0, 0.1) is 17.3 Å². The van der Waals surface area contributed by atoms with E-state index in [1.54, 1.807) is 0 Å². The van der Waals surface area contributed by atoms with Crippen molar-refractivity contribution < 1.29 is 4.42 Å². The van der Waals surface area contributed by atoms with Crippen LogP contribution >= 0.6 is 0 Å². The molecule has 15 heavy (non-hydrogen) atoms. The summed E-state index contributed by atoms with van der Waals surface area (Å²) in [5, 5.41) is 0. The van der Waals surface area contributed by atoms with Crippen LogP contribution in [0.5, 0.6) is 0 Å². The van der Waals surface area contributed by atoms with Crippen molar-refractivity contribution in [3.05, 3.63) is 23.7 Å². The maximum Gasteiger partial charge on any atom is 0.107 e. The Morgan fingerprint density at radius 2 is 2.13 bits per heavy atom. The zero-order chi connectivity index (χ0) is 10.6.